The lowest BCUT2D eigenvalue weighted by Gasteiger charge is -2.62. The summed E-state index contributed by atoms with van der Waals surface area (Å²) in [6.45, 7) is 15.9. The minimum atomic E-state index is 0. The van der Waals surface area contributed by atoms with Crippen LogP contribution in [0.3, 0.4) is 0 Å². The van der Waals surface area contributed by atoms with E-state index in [0.717, 1.165) is 24.7 Å². The van der Waals surface area contributed by atoms with Gasteiger partial charge >= 0.3 is 0 Å². The molecule has 1 aromatic heterocycles. The average molecular weight is 416 g/mol. The van der Waals surface area contributed by atoms with Gasteiger partial charge < -0.3 is 10.2 Å². The highest BCUT2D eigenvalue weighted by Gasteiger charge is 2.53. The third-order valence-corrected chi connectivity index (χ3v) is 4.97. The van der Waals surface area contributed by atoms with Crippen LogP contribution in [0.15, 0.2) is 23.3 Å². The molecule has 1 fully saturated rings. The molecule has 1 aliphatic heterocycles. The predicted octanol–water partition coefficient (Wildman–Crippen LogP) is 3.59. The van der Waals surface area contributed by atoms with Crippen LogP contribution < -0.4 is 5.32 Å². The minimum absolute atomic E-state index is 0. The molecule has 0 bridgehead atoms. The van der Waals surface area contributed by atoms with Gasteiger partial charge in [0.25, 0.3) is 0 Å². The Bertz CT molecular complexity index is 537. The molecule has 4 nitrogen and oxygen atoms in total. The Morgan fingerprint density at radius 2 is 2.05 bits per heavy atom. The van der Waals surface area contributed by atoms with E-state index in [1.165, 1.54) is 5.56 Å². The Labute approximate surface area is 151 Å². The van der Waals surface area contributed by atoms with Gasteiger partial charge in [0.2, 0.25) is 0 Å². The summed E-state index contributed by atoms with van der Waals surface area (Å²) in [5, 5.41) is 3.42. The van der Waals surface area contributed by atoms with Gasteiger partial charge in [0.1, 0.15) is 0 Å². The third-order valence-electron chi connectivity index (χ3n) is 4.97. The van der Waals surface area contributed by atoms with Crippen molar-refractivity contribution in [3.63, 3.8) is 0 Å². The molecule has 0 radical (unpaired) electrons. The molecule has 2 rings (SSSR count). The first kappa shape index (κ1) is 19.2. The van der Waals surface area contributed by atoms with Crippen molar-refractivity contribution in [3.05, 3.63) is 29.6 Å². The monoisotopic (exact) mass is 416 g/mol. The van der Waals surface area contributed by atoms with Crippen molar-refractivity contribution in [2.24, 2.45) is 10.4 Å². The number of aromatic nitrogens is 1. The predicted molar refractivity (Wildman–Crippen MR) is 104 cm³/mol. The SMILES string of the molecule is CCNC(=NCc1ncccc1C)N1CC(C)(C)C1(C)C.I. The van der Waals surface area contributed by atoms with Crippen molar-refractivity contribution in [1.29, 1.82) is 0 Å². The zero-order valence-corrected chi connectivity index (χ0v) is 16.9. The Kier molecular flexibility index (Phi) is 6.24. The standard InChI is InChI=1S/C17H28N4.HI/c1-7-18-15(21-12-16(3,4)17(21,5)6)20-11-14-13(2)9-8-10-19-14;/h8-10H,7,11-12H2,1-6H3,(H,18,20);1H. The summed E-state index contributed by atoms with van der Waals surface area (Å²) in [4.78, 5) is 11.6. The molecule has 0 saturated carbocycles. The summed E-state index contributed by atoms with van der Waals surface area (Å²) >= 11 is 0. The highest BCUT2D eigenvalue weighted by atomic mass is 127. The van der Waals surface area contributed by atoms with Gasteiger partial charge in [-0.25, -0.2) is 4.99 Å². The fraction of sp³-hybridized carbons (Fsp3) is 0.647. The molecule has 124 valence electrons. The molecule has 0 spiro atoms. The van der Waals surface area contributed by atoms with Crippen LogP contribution >= 0.6 is 24.0 Å². The molecule has 1 saturated heterocycles. The van der Waals surface area contributed by atoms with Gasteiger partial charge in [0.05, 0.1) is 12.2 Å². The van der Waals surface area contributed by atoms with E-state index in [4.69, 9.17) is 4.99 Å². The molecule has 22 heavy (non-hydrogen) atoms. The largest absolute Gasteiger partial charge is 0.356 e. The lowest BCUT2D eigenvalue weighted by atomic mass is 9.65. The quantitative estimate of drug-likeness (QED) is 0.465. The molecule has 0 unspecified atom stereocenters. The maximum Gasteiger partial charge on any atom is 0.194 e. The van der Waals surface area contributed by atoms with Crippen LogP contribution in [0.1, 0.15) is 45.9 Å². The molecule has 1 aromatic rings. The van der Waals surface area contributed by atoms with Crippen molar-refractivity contribution >= 4 is 29.9 Å². The lowest BCUT2D eigenvalue weighted by Crippen LogP contribution is -2.72. The summed E-state index contributed by atoms with van der Waals surface area (Å²) in [7, 11) is 0. The van der Waals surface area contributed by atoms with Gasteiger partial charge in [-0.1, -0.05) is 19.9 Å². The summed E-state index contributed by atoms with van der Waals surface area (Å²) < 4.78 is 0. The number of likely N-dealkylation sites (tertiary alicyclic amines) is 1. The van der Waals surface area contributed by atoms with E-state index in [9.17, 15) is 0 Å². The Morgan fingerprint density at radius 1 is 1.36 bits per heavy atom. The van der Waals surface area contributed by atoms with Crippen LogP contribution in [0.4, 0.5) is 0 Å². The Balaban J connectivity index is 0.00000242. The molecule has 0 atom stereocenters. The van der Waals surface area contributed by atoms with Crippen molar-refractivity contribution in [1.82, 2.24) is 15.2 Å². The second-order valence-corrected chi connectivity index (χ2v) is 6.97. The second kappa shape index (κ2) is 7.15. The van der Waals surface area contributed by atoms with Crippen molar-refractivity contribution in [2.45, 2.75) is 53.6 Å². The fourth-order valence-corrected chi connectivity index (χ4v) is 2.63. The maximum atomic E-state index is 4.80. The summed E-state index contributed by atoms with van der Waals surface area (Å²) in [5.74, 6) is 0.992. The van der Waals surface area contributed by atoms with E-state index in [1.54, 1.807) is 0 Å². The number of nitrogens with zero attached hydrogens (tertiary/aromatic N) is 3. The molecule has 1 N–H and O–H groups in total. The van der Waals surface area contributed by atoms with Crippen LogP contribution in [-0.4, -0.2) is 34.5 Å². The van der Waals surface area contributed by atoms with Crippen LogP contribution in [0.5, 0.6) is 0 Å². The highest BCUT2D eigenvalue weighted by Crippen LogP contribution is 2.46. The summed E-state index contributed by atoms with van der Waals surface area (Å²) in [6.07, 6.45) is 1.83. The van der Waals surface area contributed by atoms with E-state index in [1.807, 2.05) is 12.3 Å². The second-order valence-electron chi connectivity index (χ2n) is 6.97. The minimum Gasteiger partial charge on any atom is -0.356 e. The van der Waals surface area contributed by atoms with E-state index < -0.39 is 0 Å². The molecule has 0 amide bonds. The summed E-state index contributed by atoms with van der Waals surface area (Å²) in [6, 6.07) is 4.05. The van der Waals surface area contributed by atoms with Crippen LogP contribution in [0.25, 0.3) is 0 Å². The number of nitrogens with one attached hydrogen (secondary N) is 1. The topological polar surface area (TPSA) is 40.5 Å². The molecule has 0 aromatic carbocycles. The number of pyridine rings is 1. The first-order valence-electron chi connectivity index (χ1n) is 7.76. The van der Waals surface area contributed by atoms with Gasteiger partial charge in [-0.15, -0.1) is 24.0 Å². The van der Waals surface area contributed by atoms with Gasteiger partial charge in [-0.2, -0.15) is 0 Å². The van der Waals surface area contributed by atoms with Gasteiger partial charge in [0, 0.05) is 30.2 Å². The lowest BCUT2D eigenvalue weighted by molar-refractivity contribution is -0.0667. The van der Waals surface area contributed by atoms with Gasteiger partial charge in [-0.3, -0.25) is 4.98 Å². The molecule has 1 aliphatic rings. The number of hydrogen-bond acceptors (Lipinski definition) is 2. The van der Waals surface area contributed by atoms with Crippen LogP contribution in [0, 0.1) is 12.3 Å². The molecule has 2 heterocycles. The van der Waals surface area contributed by atoms with E-state index in [2.05, 4.69) is 62.8 Å². The Morgan fingerprint density at radius 3 is 2.55 bits per heavy atom. The smallest absolute Gasteiger partial charge is 0.194 e. The zero-order chi connectivity index (χ0) is 15.7. The maximum absolute atomic E-state index is 4.80. The van der Waals surface area contributed by atoms with Crippen molar-refractivity contribution < 1.29 is 0 Å². The normalized spacial score (nSPS) is 19.2. The molecule has 5 heteroatoms. The third kappa shape index (κ3) is 3.55. The van der Waals surface area contributed by atoms with E-state index >= 15 is 0 Å². The van der Waals surface area contributed by atoms with Crippen molar-refractivity contribution in [3.8, 4) is 0 Å². The van der Waals surface area contributed by atoms with Crippen molar-refractivity contribution in [2.75, 3.05) is 13.1 Å². The van der Waals surface area contributed by atoms with Crippen LogP contribution in [-0.2, 0) is 6.54 Å². The zero-order valence-electron chi connectivity index (χ0n) is 14.6. The number of rotatable bonds is 3. The number of guanidine groups is 1. The molecular formula is C17H29IN4. The fourth-order valence-electron chi connectivity index (χ4n) is 2.63. The average Bonchev–Trinajstić information content (AvgIpc) is 2.43. The first-order valence-corrected chi connectivity index (χ1v) is 7.76. The number of aryl methyl sites for hydroxylation is 1. The number of halogens is 1. The van der Waals surface area contributed by atoms with E-state index in [0.29, 0.717) is 12.0 Å². The first-order chi connectivity index (χ1) is 9.79. The number of hydrogen-bond donors (Lipinski definition) is 1. The molecular weight excluding hydrogens is 387 g/mol. The van der Waals surface area contributed by atoms with E-state index in [-0.39, 0.29) is 29.5 Å². The van der Waals surface area contributed by atoms with Gasteiger partial charge in [-0.05, 0) is 39.3 Å². The Hall–Kier alpha value is -0.850. The highest BCUT2D eigenvalue weighted by molar-refractivity contribution is 14.0. The number of aliphatic imine (C=N–C) groups is 1. The van der Waals surface area contributed by atoms with Crippen LogP contribution in [0.2, 0.25) is 0 Å². The molecule has 0 aliphatic carbocycles. The van der Waals surface area contributed by atoms with Gasteiger partial charge in [0.15, 0.2) is 5.96 Å². The summed E-state index contributed by atoms with van der Waals surface area (Å²) in [5.41, 5.74) is 2.67.